The standard InChI is InChI=1S/C12H13F2O.2C12H17.C3H4N2.CF3.Au.BrH/c1-9(15)11-7-5-10(6-8-11)3-2-4-12(13)14;2*1-9(2)11-6-5-7-12(8-11)10(3)4;1-2-5-3-4-1;2-1(3)4;;/h5-8H,2-4H2,1H3;2*5-7,9-10H,1-4H3;1-2,4-5H;;;1H/q3*-1;;-1;+1;/p-1. The van der Waals surface area contributed by atoms with Crippen molar-refractivity contribution < 1.29 is 43.9 Å². The second-order valence-corrected chi connectivity index (χ2v) is 15.8. The molecule has 10 heteroatoms. The SMILES string of the molecule is CC(=O)c1ccc(CCC[C-](F)F)cc1.CC(C)c1[c-]c(C(C)C)ccc1.CC(C)c1[c-]c(C(C)C)ccc1.F[C-](F)F.[Br][Au]=[c]1[nH]cc[nH]1. The van der Waals surface area contributed by atoms with Crippen LogP contribution < -0.4 is 0 Å². The third-order valence-corrected chi connectivity index (χ3v) is 9.89. The van der Waals surface area contributed by atoms with Crippen molar-refractivity contribution in [3.63, 3.8) is 0 Å². The Labute approximate surface area is 311 Å². The van der Waals surface area contributed by atoms with Gasteiger partial charge in [-0.05, 0) is 42.6 Å². The predicted octanol–water partition coefficient (Wildman–Crippen LogP) is 13.7. The molecule has 0 aliphatic carbocycles. The summed E-state index contributed by atoms with van der Waals surface area (Å²) in [6, 6.07) is 26.8. The number of aromatic amines is 2. The number of ketones is 1. The second kappa shape index (κ2) is 27.1. The third kappa shape index (κ3) is 23.0. The van der Waals surface area contributed by atoms with Crippen molar-refractivity contribution in [2.24, 2.45) is 0 Å². The first-order valence-electron chi connectivity index (χ1n) is 16.4. The van der Waals surface area contributed by atoms with Crippen molar-refractivity contribution in [1.82, 2.24) is 9.97 Å². The first-order chi connectivity index (χ1) is 23.5. The van der Waals surface area contributed by atoms with Crippen molar-refractivity contribution in [3.8, 4) is 0 Å². The summed E-state index contributed by atoms with van der Waals surface area (Å²) in [5.41, 5.74) is 6.92. The molecule has 3 nitrogen and oxygen atoms in total. The number of benzene rings is 3. The van der Waals surface area contributed by atoms with Crippen LogP contribution in [0.15, 0.2) is 73.1 Å². The molecule has 2 N–H and O–H groups in total. The molecule has 0 fully saturated rings. The van der Waals surface area contributed by atoms with Crippen molar-refractivity contribution in [1.29, 1.82) is 0 Å². The topological polar surface area (TPSA) is 48.6 Å². The minimum absolute atomic E-state index is 0.0182. The molecule has 0 aliphatic rings. The molecule has 3 aromatic carbocycles. The fourth-order valence-corrected chi connectivity index (χ4v) is 5.71. The number of aryl methyl sites for hydroxylation is 1. The number of hydrogen-bond acceptors (Lipinski definition) is 1. The molecular weight excluding hydrogens is 896 g/mol. The van der Waals surface area contributed by atoms with Gasteiger partial charge in [0, 0.05) is 12.0 Å². The van der Waals surface area contributed by atoms with Crippen LogP contribution in [0, 0.1) is 28.9 Å². The Morgan fingerprint density at radius 2 is 1.06 bits per heavy atom. The van der Waals surface area contributed by atoms with E-state index in [0.29, 0.717) is 42.1 Å². The number of imidazole rings is 1. The van der Waals surface area contributed by atoms with Gasteiger partial charge >= 0.3 is 56.2 Å². The number of aromatic nitrogens is 2. The Hall–Kier alpha value is -2.59. The van der Waals surface area contributed by atoms with Crippen LogP contribution in [0.25, 0.3) is 0 Å². The molecular formula is C40H51AuBrF5N2O-4. The predicted molar refractivity (Wildman–Crippen MR) is 196 cm³/mol. The molecule has 0 saturated carbocycles. The van der Waals surface area contributed by atoms with Gasteiger partial charge in [0.25, 0.3) is 0 Å². The summed E-state index contributed by atoms with van der Waals surface area (Å²) >= 11 is 3.51. The maximum absolute atomic E-state index is 11.8. The number of Topliss-reactive ketones (excluding diaryl/α,β-unsaturated/α-hetero) is 1. The number of H-pyrrole nitrogens is 2. The zero-order chi connectivity index (χ0) is 38.2. The molecule has 4 aromatic rings. The molecule has 284 valence electrons. The molecule has 4 rings (SSSR count). The fourth-order valence-electron chi connectivity index (χ4n) is 3.98. The van der Waals surface area contributed by atoms with Gasteiger partial charge in [0.1, 0.15) is 0 Å². The summed E-state index contributed by atoms with van der Waals surface area (Å²) in [4.78, 5) is 17.0. The van der Waals surface area contributed by atoms with Crippen molar-refractivity contribution in [2.45, 2.75) is 105 Å². The zero-order valence-corrected chi connectivity index (χ0v) is 34.1. The number of hydrogen-bond donors (Lipinski definition) is 2. The summed E-state index contributed by atoms with van der Waals surface area (Å²) in [5.74, 6) is 2.37. The van der Waals surface area contributed by atoms with E-state index in [1.807, 2.05) is 24.5 Å². The molecule has 1 aromatic heterocycles. The summed E-state index contributed by atoms with van der Waals surface area (Å²) in [6.07, 6.45) is 3.17. The zero-order valence-electron chi connectivity index (χ0n) is 30.3. The average molecular weight is 948 g/mol. The normalized spacial score (nSPS) is 10.7. The summed E-state index contributed by atoms with van der Waals surface area (Å²) in [6.45, 7) is 16.1. The maximum atomic E-state index is 11.8. The Morgan fingerprint density at radius 3 is 1.32 bits per heavy atom. The van der Waals surface area contributed by atoms with E-state index in [4.69, 9.17) is 0 Å². The molecule has 0 aliphatic heterocycles. The molecule has 0 amide bonds. The van der Waals surface area contributed by atoms with Gasteiger partial charge in [0.2, 0.25) is 0 Å². The molecule has 1 heterocycles. The monoisotopic (exact) mass is 946 g/mol. The average Bonchev–Trinajstić information content (AvgIpc) is 3.60. The Morgan fingerprint density at radius 1 is 0.700 bits per heavy atom. The first kappa shape index (κ1) is 47.4. The van der Waals surface area contributed by atoms with Gasteiger partial charge in [-0.3, -0.25) is 4.79 Å². The number of carbonyl (C=O) groups excluding carboxylic acids is 1. The van der Waals surface area contributed by atoms with Gasteiger partial charge in [-0.25, -0.2) is 0 Å². The van der Waals surface area contributed by atoms with Crippen molar-refractivity contribution in [3.05, 3.63) is 135 Å². The van der Waals surface area contributed by atoms with Crippen LogP contribution in [0.4, 0.5) is 22.0 Å². The van der Waals surface area contributed by atoms with Crippen molar-refractivity contribution >= 4 is 18.8 Å². The van der Waals surface area contributed by atoms with E-state index in [-0.39, 0.29) is 29.4 Å². The Bertz CT molecular complexity index is 1390. The molecule has 0 radical (unpaired) electrons. The molecule has 0 atom stereocenters. The van der Waals surface area contributed by atoms with Crippen LogP contribution in [0.3, 0.4) is 0 Å². The van der Waals surface area contributed by atoms with E-state index >= 15 is 0 Å². The van der Waals surface area contributed by atoms with E-state index in [9.17, 15) is 26.7 Å². The minimum atomic E-state index is -3.08. The number of rotatable bonds is 9. The van der Waals surface area contributed by atoms with Gasteiger partial charge < -0.3 is 22.0 Å². The van der Waals surface area contributed by atoms with Crippen LogP contribution in [-0.4, -0.2) is 15.8 Å². The number of halogens is 6. The number of carbonyl (C=O) groups is 1. The second-order valence-electron chi connectivity index (χ2n) is 12.4. The van der Waals surface area contributed by atoms with Gasteiger partial charge in [-0.2, -0.15) is 70.8 Å². The van der Waals surface area contributed by atoms with Gasteiger partial charge in [-0.15, -0.1) is 6.42 Å². The van der Waals surface area contributed by atoms with Crippen LogP contribution >= 0.6 is 13.0 Å². The molecule has 0 saturated heterocycles. The Kier molecular flexibility index (Phi) is 25.7. The molecule has 0 bridgehead atoms. The van der Waals surface area contributed by atoms with Crippen LogP contribution in [0.5, 0.6) is 0 Å². The summed E-state index contributed by atoms with van der Waals surface area (Å²) in [7, 11) is 0. The van der Waals surface area contributed by atoms with E-state index < -0.39 is 13.1 Å². The van der Waals surface area contributed by atoms with E-state index in [0.717, 1.165) is 5.56 Å². The van der Waals surface area contributed by atoms with Crippen molar-refractivity contribution in [2.75, 3.05) is 0 Å². The van der Waals surface area contributed by atoms with Gasteiger partial charge in [0.15, 0.2) is 12.5 Å². The van der Waals surface area contributed by atoms with Crippen LogP contribution in [0.1, 0.15) is 137 Å². The third-order valence-electron chi connectivity index (χ3n) is 6.90. The van der Waals surface area contributed by atoms with Crippen LogP contribution in [0.2, 0.25) is 0 Å². The molecule has 50 heavy (non-hydrogen) atoms. The van der Waals surface area contributed by atoms with Crippen LogP contribution in [-0.2, 0) is 23.6 Å². The number of nitrogens with one attached hydrogen (secondary N) is 2. The Balaban J connectivity index is 0.000000631. The van der Waals surface area contributed by atoms with E-state index in [1.54, 1.807) is 12.1 Å². The van der Waals surface area contributed by atoms with Gasteiger partial charge in [0.05, 0.1) is 0 Å². The van der Waals surface area contributed by atoms with E-state index in [2.05, 4.69) is 127 Å². The fraction of sp³-hybridized carbons (Fsp3) is 0.400. The molecule has 0 unspecified atom stereocenters. The quantitative estimate of drug-likeness (QED) is 0.0747. The molecule has 0 spiro atoms. The summed E-state index contributed by atoms with van der Waals surface area (Å²) in [5, 5.41) is 0. The van der Waals surface area contributed by atoms with E-state index in [1.165, 1.54) is 32.8 Å². The summed E-state index contributed by atoms with van der Waals surface area (Å²) < 4.78 is 53.5. The first-order valence-corrected chi connectivity index (χ1v) is 22.2. The van der Waals surface area contributed by atoms with Gasteiger partial charge in [-0.1, -0.05) is 86.1 Å².